The van der Waals surface area contributed by atoms with Gasteiger partial charge >= 0.3 is 0 Å². The SMILES string of the molecule is C/C(=C/c1ccccc1)[C@@H]1NC(=O)c2ccccc2N1. The standard InChI is InChI=1S/C17H16N2O/c1-12(11-13-7-3-2-4-8-13)16-18-15-10-6-5-9-14(15)17(20)19-16/h2-11,16,18H,1H3,(H,19,20)/b12-11-/t16-/m0/s1. The summed E-state index contributed by atoms with van der Waals surface area (Å²) in [5.41, 5.74) is 3.76. The molecule has 2 aromatic rings. The number of amides is 1. The second-order valence-electron chi connectivity index (χ2n) is 4.90. The molecule has 0 spiro atoms. The highest BCUT2D eigenvalue weighted by Gasteiger charge is 2.23. The first-order valence-electron chi connectivity index (χ1n) is 6.64. The summed E-state index contributed by atoms with van der Waals surface area (Å²) in [6, 6.07) is 17.6. The summed E-state index contributed by atoms with van der Waals surface area (Å²) in [6.45, 7) is 2.01. The fraction of sp³-hybridized carbons (Fsp3) is 0.118. The molecule has 1 heterocycles. The fourth-order valence-electron chi connectivity index (χ4n) is 2.33. The lowest BCUT2D eigenvalue weighted by Gasteiger charge is -2.28. The molecule has 3 nitrogen and oxygen atoms in total. The van der Waals surface area contributed by atoms with E-state index in [9.17, 15) is 4.79 Å². The van der Waals surface area contributed by atoms with Gasteiger partial charge in [0.25, 0.3) is 5.91 Å². The Bertz CT molecular complexity index is 662. The number of benzene rings is 2. The van der Waals surface area contributed by atoms with E-state index in [1.165, 1.54) is 0 Å². The Labute approximate surface area is 118 Å². The van der Waals surface area contributed by atoms with Crippen molar-refractivity contribution in [1.82, 2.24) is 5.32 Å². The number of anilines is 1. The Hall–Kier alpha value is -2.55. The van der Waals surface area contributed by atoms with Crippen molar-refractivity contribution in [3.8, 4) is 0 Å². The first kappa shape index (κ1) is 12.5. The third-order valence-corrected chi connectivity index (χ3v) is 3.40. The molecule has 1 amide bonds. The molecular formula is C17H16N2O. The third kappa shape index (κ3) is 2.43. The van der Waals surface area contributed by atoms with Crippen molar-refractivity contribution in [3.63, 3.8) is 0 Å². The Balaban J connectivity index is 1.86. The fourth-order valence-corrected chi connectivity index (χ4v) is 2.33. The van der Waals surface area contributed by atoms with E-state index in [2.05, 4.69) is 16.7 Å². The smallest absolute Gasteiger partial charge is 0.255 e. The number of para-hydroxylation sites is 1. The van der Waals surface area contributed by atoms with Crippen molar-refractivity contribution in [2.24, 2.45) is 0 Å². The van der Waals surface area contributed by atoms with Crippen LogP contribution in [0.15, 0.2) is 60.2 Å². The van der Waals surface area contributed by atoms with Gasteiger partial charge in [0.05, 0.1) is 5.56 Å². The molecule has 0 aliphatic carbocycles. The number of nitrogens with one attached hydrogen (secondary N) is 2. The summed E-state index contributed by atoms with van der Waals surface area (Å²) in [5, 5.41) is 6.32. The molecule has 2 N–H and O–H groups in total. The van der Waals surface area contributed by atoms with Crippen LogP contribution in [0.4, 0.5) is 5.69 Å². The van der Waals surface area contributed by atoms with Crippen molar-refractivity contribution in [3.05, 3.63) is 71.3 Å². The molecule has 0 unspecified atom stereocenters. The summed E-state index contributed by atoms with van der Waals surface area (Å²) >= 11 is 0. The van der Waals surface area contributed by atoms with Crippen molar-refractivity contribution >= 4 is 17.7 Å². The van der Waals surface area contributed by atoms with Gasteiger partial charge in [0.2, 0.25) is 0 Å². The lowest BCUT2D eigenvalue weighted by Crippen LogP contribution is -2.45. The maximum atomic E-state index is 12.1. The largest absolute Gasteiger partial charge is 0.361 e. The molecule has 0 aromatic heterocycles. The van der Waals surface area contributed by atoms with Gasteiger partial charge in [-0.2, -0.15) is 0 Å². The number of carbonyl (C=O) groups is 1. The van der Waals surface area contributed by atoms with E-state index < -0.39 is 0 Å². The molecule has 0 bridgehead atoms. The average molecular weight is 264 g/mol. The van der Waals surface area contributed by atoms with Crippen LogP contribution in [0.3, 0.4) is 0 Å². The number of hydrogen-bond acceptors (Lipinski definition) is 2. The molecule has 2 aromatic carbocycles. The Morgan fingerprint density at radius 3 is 2.50 bits per heavy atom. The number of fused-ring (bicyclic) bond motifs is 1. The van der Waals surface area contributed by atoms with Crippen molar-refractivity contribution in [2.75, 3.05) is 5.32 Å². The summed E-state index contributed by atoms with van der Waals surface area (Å²) in [7, 11) is 0. The van der Waals surface area contributed by atoms with Crippen LogP contribution in [0.5, 0.6) is 0 Å². The van der Waals surface area contributed by atoms with Crippen molar-refractivity contribution < 1.29 is 4.79 Å². The van der Waals surface area contributed by atoms with Gasteiger partial charge in [-0.1, -0.05) is 48.5 Å². The summed E-state index contributed by atoms with van der Waals surface area (Å²) in [6.07, 6.45) is 1.91. The minimum absolute atomic E-state index is 0.0369. The van der Waals surface area contributed by atoms with E-state index in [0.29, 0.717) is 5.56 Å². The van der Waals surface area contributed by atoms with Crippen LogP contribution in [0.25, 0.3) is 6.08 Å². The Morgan fingerprint density at radius 1 is 1.00 bits per heavy atom. The van der Waals surface area contributed by atoms with Gasteiger partial charge in [0.1, 0.15) is 6.17 Å². The topological polar surface area (TPSA) is 41.1 Å². The van der Waals surface area contributed by atoms with Crippen LogP contribution in [-0.2, 0) is 0 Å². The van der Waals surface area contributed by atoms with Crippen molar-refractivity contribution in [1.29, 1.82) is 0 Å². The highest BCUT2D eigenvalue weighted by molar-refractivity contribution is 6.02. The van der Waals surface area contributed by atoms with E-state index in [4.69, 9.17) is 0 Å². The van der Waals surface area contributed by atoms with E-state index in [0.717, 1.165) is 16.8 Å². The molecular weight excluding hydrogens is 248 g/mol. The van der Waals surface area contributed by atoms with Gasteiger partial charge < -0.3 is 10.6 Å². The van der Waals surface area contributed by atoms with E-state index in [1.54, 1.807) is 0 Å². The van der Waals surface area contributed by atoms with E-state index >= 15 is 0 Å². The number of rotatable bonds is 2. The minimum Gasteiger partial charge on any atom is -0.361 e. The van der Waals surface area contributed by atoms with Gasteiger partial charge in [-0.3, -0.25) is 4.79 Å². The van der Waals surface area contributed by atoms with Gasteiger partial charge in [-0.05, 0) is 30.2 Å². The Morgan fingerprint density at radius 2 is 1.70 bits per heavy atom. The first-order valence-corrected chi connectivity index (χ1v) is 6.64. The molecule has 1 aliphatic rings. The van der Waals surface area contributed by atoms with Crippen LogP contribution in [0.1, 0.15) is 22.8 Å². The summed E-state index contributed by atoms with van der Waals surface area (Å²) in [4.78, 5) is 12.1. The monoisotopic (exact) mass is 264 g/mol. The normalized spacial score (nSPS) is 17.9. The molecule has 3 rings (SSSR count). The van der Waals surface area contributed by atoms with Crippen LogP contribution >= 0.6 is 0 Å². The van der Waals surface area contributed by atoms with Gasteiger partial charge in [0, 0.05) is 5.69 Å². The van der Waals surface area contributed by atoms with Gasteiger partial charge in [0.15, 0.2) is 0 Å². The first-order chi connectivity index (χ1) is 9.74. The summed E-state index contributed by atoms with van der Waals surface area (Å²) < 4.78 is 0. The minimum atomic E-state index is -0.169. The molecule has 0 radical (unpaired) electrons. The van der Waals surface area contributed by atoms with Gasteiger partial charge in [-0.15, -0.1) is 0 Å². The van der Waals surface area contributed by atoms with Crippen molar-refractivity contribution in [2.45, 2.75) is 13.1 Å². The lowest BCUT2D eigenvalue weighted by molar-refractivity contribution is 0.0941. The third-order valence-electron chi connectivity index (χ3n) is 3.40. The maximum Gasteiger partial charge on any atom is 0.255 e. The lowest BCUT2D eigenvalue weighted by atomic mass is 10.0. The number of carbonyl (C=O) groups excluding carboxylic acids is 1. The predicted molar refractivity (Wildman–Crippen MR) is 81.4 cm³/mol. The van der Waals surface area contributed by atoms with Gasteiger partial charge in [-0.25, -0.2) is 0 Å². The van der Waals surface area contributed by atoms with E-state index in [1.807, 2.05) is 61.5 Å². The molecule has 20 heavy (non-hydrogen) atoms. The highest BCUT2D eigenvalue weighted by atomic mass is 16.2. The van der Waals surface area contributed by atoms with Crippen LogP contribution in [-0.4, -0.2) is 12.1 Å². The molecule has 1 atom stereocenters. The zero-order chi connectivity index (χ0) is 13.9. The molecule has 1 aliphatic heterocycles. The quantitative estimate of drug-likeness (QED) is 0.874. The molecule has 0 saturated heterocycles. The molecule has 100 valence electrons. The Kier molecular flexibility index (Phi) is 3.25. The number of hydrogen-bond donors (Lipinski definition) is 2. The van der Waals surface area contributed by atoms with Crippen LogP contribution in [0, 0.1) is 0 Å². The molecule has 0 fully saturated rings. The summed E-state index contributed by atoms with van der Waals surface area (Å²) in [5.74, 6) is -0.0369. The predicted octanol–water partition coefficient (Wildman–Crippen LogP) is 3.27. The van der Waals surface area contributed by atoms with E-state index in [-0.39, 0.29) is 12.1 Å². The highest BCUT2D eigenvalue weighted by Crippen LogP contribution is 2.22. The second kappa shape index (κ2) is 5.21. The van der Waals surface area contributed by atoms with Crippen LogP contribution < -0.4 is 10.6 Å². The molecule has 0 saturated carbocycles. The zero-order valence-electron chi connectivity index (χ0n) is 11.3. The average Bonchev–Trinajstić information content (AvgIpc) is 2.48. The zero-order valence-corrected chi connectivity index (χ0v) is 11.3. The molecule has 3 heteroatoms. The maximum absolute atomic E-state index is 12.1. The van der Waals surface area contributed by atoms with Crippen LogP contribution in [0.2, 0.25) is 0 Å². The second-order valence-corrected chi connectivity index (χ2v) is 4.90.